The lowest BCUT2D eigenvalue weighted by Crippen LogP contribution is -2.21. The van der Waals surface area contributed by atoms with Crippen molar-refractivity contribution < 1.29 is 23.9 Å². The number of nitro benzene ring substituents is 1. The molecule has 0 aliphatic carbocycles. The number of ether oxygens (including phenoxy) is 3. The van der Waals surface area contributed by atoms with Crippen molar-refractivity contribution in [3.05, 3.63) is 50.5 Å². The van der Waals surface area contributed by atoms with Gasteiger partial charge in [0.2, 0.25) is 0 Å². The van der Waals surface area contributed by atoms with Gasteiger partial charge in [-0.1, -0.05) is 6.07 Å². The Bertz CT molecular complexity index is 871. The summed E-state index contributed by atoms with van der Waals surface area (Å²) in [5.41, 5.74) is 1.04. The number of carbonyl (C=O) groups is 1. The lowest BCUT2D eigenvalue weighted by atomic mass is 10.2. The first kappa shape index (κ1) is 18.0. The van der Waals surface area contributed by atoms with Crippen LogP contribution in [0.5, 0.6) is 17.2 Å². The maximum Gasteiger partial charge on any atom is 0.311 e. The monoisotopic (exact) mass is 422 g/mol. The predicted octanol–water partition coefficient (Wildman–Crippen LogP) is 3.45. The van der Waals surface area contributed by atoms with Gasteiger partial charge in [-0.25, -0.2) is 0 Å². The highest BCUT2D eigenvalue weighted by Gasteiger charge is 2.18. The average Bonchev–Trinajstić information content (AvgIpc) is 2.61. The maximum atomic E-state index is 12.2. The molecule has 26 heavy (non-hydrogen) atoms. The number of nitro groups is 1. The second kappa shape index (κ2) is 7.61. The second-order valence-electron chi connectivity index (χ2n) is 5.54. The van der Waals surface area contributed by atoms with Gasteiger partial charge in [0.25, 0.3) is 5.91 Å². The zero-order chi connectivity index (χ0) is 18.7. The number of hydrogen-bond acceptors (Lipinski definition) is 6. The first-order valence-electron chi connectivity index (χ1n) is 7.71. The first-order chi connectivity index (χ1) is 12.4. The number of carbonyl (C=O) groups excluding carboxylic acids is 1. The van der Waals surface area contributed by atoms with E-state index in [1.807, 2.05) is 0 Å². The summed E-state index contributed by atoms with van der Waals surface area (Å²) >= 11 is 3.36. The Balaban J connectivity index is 1.68. The lowest BCUT2D eigenvalue weighted by Gasteiger charge is -2.20. The Morgan fingerprint density at radius 1 is 1.27 bits per heavy atom. The minimum atomic E-state index is -0.544. The predicted molar refractivity (Wildman–Crippen MR) is 97.1 cm³/mol. The van der Waals surface area contributed by atoms with Crippen LogP contribution in [-0.4, -0.2) is 30.7 Å². The van der Waals surface area contributed by atoms with Crippen LogP contribution < -0.4 is 19.5 Å². The van der Waals surface area contributed by atoms with E-state index in [0.717, 1.165) is 5.56 Å². The van der Waals surface area contributed by atoms with Gasteiger partial charge in [0, 0.05) is 22.7 Å². The highest BCUT2D eigenvalue weighted by atomic mass is 79.9. The van der Waals surface area contributed by atoms with Gasteiger partial charge in [-0.15, -0.1) is 0 Å². The molecule has 0 saturated heterocycles. The van der Waals surface area contributed by atoms with Crippen LogP contribution in [0.3, 0.4) is 0 Å². The Kier molecular flexibility index (Phi) is 5.27. The number of halogens is 1. The van der Waals surface area contributed by atoms with Crippen molar-refractivity contribution in [2.45, 2.75) is 6.92 Å². The van der Waals surface area contributed by atoms with Gasteiger partial charge in [0.05, 0.1) is 10.6 Å². The van der Waals surface area contributed by atoms with Gasteiger partial charge in [0.1, 0.15) is 13.2 Å². The van der Waals surface area contributed by atoms with Crippen molar-refractivity contribution in [3.63, 3.8) is 0 Å². The molecule has 1 amide bonds. The number of nitrogens with zero attached hydrogens (tertiary/aromatic N) is 1. The van der Waals surface area contributed by atoms with Crippen molar-refractivity contribution in [2.75, 3.05) is 25.1 Å². The van der Waals surface area contributed by atoms with E-state index >= 15 is 0 Å². The summed E-state index contributed by atoms with van der Waals surface area (Å²) in [6.07, 6.45) is 0. The molecule has 3 rings (SSSR count). The molecule has 0 aromatic heterocycles. The third-order valence-corrected chi connectivity index (χ3v) is 4.23. The third kappa shape index (κ3) is 4.05. The van der Waals surface area contributed by atoms with Gasteiger partial charge in [-0.05, 0) is 34.5 Å². The summed E-state index contributed by atoms with van der Waals surface area (Å²) in [6.45, 7) is 2.27. The van der Waals surface area contributed by atoms with Gasteiger partial charge >= 0.3 is 5.69 Å². The molecule has 0 saturated carbocycles. The highest BCUT2D eigenvalue weighted by Crippen LogP contribution is 2.38. The molecule has 0 unspecified atom stereocenters. The molecule has 0 atom stereocenters. The van der Waals surface area contributed by atoms with Crippen LogP contribution in [-0.2, 0) is 4.79 Å². The molecule has 136 valence electrons. The van der Waals surface area contributed by atoms with Crippen LogP contribution >= 0.6 is 15.9 Å². The van der Waals surface area contributed by atoms with E-state index in [2.05, 4.69) is 21.2 Å². The molecule has 1 N–H and O–H groups in total. The van der Waals surface area contributed by atoms with E-state index in [9.17, 15) is 14.9 Å². The first-order valence-corrected chi connectivity index (χ1v) is 8.50. The van der Waals surface area contributed by atoms with E-state index < -0.39 is 10.8 Å². The molecule has 0 radical (unpaired) electrons. The molecule has 9 heteroatoms. The van der Waals surface area contributed by atoms with Crippen molar-refractivity contribution in [3.8, 4) is 17.2 Å². The molecule has 2 aromatic carbocycles. The fourth-order valence-corrected chi connectivity index (χ4v) is 2.80. The number of fused-ring (bicyclic) bond motifs is 1. The standard InChI is InChI=1S/C17H15BrN2O6/c1-10-2-3-14(13(6-10)20(22)23)26-9-17(21)19-12-8-16-15(7-11(12)18)24-4-5-25-16/h2-3,6-8H,4-5,9H2,1H3,(H,19,21). The maximum absolute atomic E-state index is 12.2. The van der Waals surface area contributed by atoms with Crippen LogP contribution in [0.25, 0.3) is 0 Å². The normalized spacial score (nSPS) is 12.4. The number of nitrogens with one attached hydrogen (secondary N) is 1. The Morgan fingerprint density at radius 3 is 2.65 bits per heavy atom. The smallest absolute Gasteiger partial charge is 0.311 e. The summed E-state index contributed by atoms with van der Waals surface area (Å²) in [4.78, 5) is 22.7. The summed E-state index contributed by atoms with van der Waals surface area (Å²) < 4.78 is 16.9. The highest BCUT2D eigenvalue weighted by molar-refractivity contribution is 9.10. The van der Waals surface area contributed by atoms with Crippen LogP contribution in [0.4, 0.5) is 11.4 Å². The van der Waals surface area contributed by atoms with Crippen LogP contribution in [0.2, 0.25) is 0 Å². The molecule has 8 nitrogen and oxygen atoms in total. The van der Waals surface area contributed by atoms with E-state index in [4.69, 9.17) is 14.2 Å². The second-order valence-corrected chi connectivity index (χ2v) is 6.40. The van der Waals surface area contributed by atoms with Crippen LogP contribution in [0.15, 0.2) is 34.8 Å². The van der Waals surface area contributed by atoms with Crippen molar-refractivity contribution in [1.29, 1.82) is 0 Å². The minimum Gasteiger partial charge on any atom is -0.486 e. The quantitative estimate of drug-likeness (QED) is 0.584. The number of aryl methyl sites for hydroxylation is 1. The van der Waals surface area contributed by atoms with Gasteiger partial charge < -0.3 is 19.5 Å². The molecule has 1 aliphatic heterocycles. The summed E-state index contributed by atoms with van der Waals surface area (Å²) in [5, 5.41) is 13.8. The van der Waals surface area contributed by atoms with Crippen molar-refractivity contribution in [2.24, 2.45) is 0 Å². The Labute approximate surface area is 157 Å². The Morgan fingerprint density at radius 2 is 1.96 bits per heavy atom. The van der Waals surface area contributed by atoms with E-state index in [1.54, 1.807) is 25.1 Å². The number of benzene rings is 2. The zero-order valence-corrected chi connectivity index (χ0v) is 15.4. The fourth-order valence-electron chi connectivity index (χ4n) is 2.38. The molecule has 0 fully saturated rings. The molecule has 0 spiro atoms. The largest absolute Gasteiger partial charge is 0.486 e. The van der Waals surface area contributed by atoms with Crippen LogP contribution in [0, 0.1) is 17.0 Å². The fraction of sp³-hybridized carbons (Fsp3) is 0.235. The molecule has 2 aromatic rings. The number of amides is 1. The van der Waals surface area contributed by atoms with Gasteiger partial charge in [-0.3, -0.25) is 14.9 Å². The zero-order valence-electron chi connectivity index (χ0n) is 13.8. The Hall–Kier alpha value is -2.81. The molecular formula is C17H15BrN2O6. The van der Waals surface area contributed by atoms with E-state index in [1.165, 1.54) is 12.1 Å². The lowest BCUT2D eigenvalue weighted by molar-refractivity contribution is -0.385. The molecule has 1 heterocycles. The van der Waals surface area contributed by atoms with E-state index in [-0.39, 0.29) is 18.0 Å². The van der Waals surface area contributed by atoms with Gasteiger partial charge in [-0.2, -0.15) is 0 Å². The number of hydrogen-bond donors (Lipinski definition) is 1. The van der Waals surface area contributed by atoms with Crippen molar-refractivity contribution in [1.82, 2.24) is 0 Å². The number of rotatable bonds is 5. The molecule has 0 bridgehead atoms. The topological polar surface area (TPSA) is 99.9 Å². The third-order valence-electron chi connectivity index (χ3n) is 3.58. The summed E-state index contributed by atoms with van der Waals surface area (Å²) in [7, 11) is 0. The average molecular weight is 423 g/mol. The molecular weight excluding hydrogens is 408 g/mol. The molecule has 1 aliphatic rings. The summed E-state index contributed by atoms with van der Waals surface area (Å²) in [6, 6.07) is 7.89. The van der Waals surface area contributed by atoms with E-state index in [0.29, 0.717) is 34.9 Å². The van der Waals surface area contributed by atoms with Gasteiger partial charge in [0.15, 0.2) is 23.9 Å². The SMILES string of the molecule is Cc1ccc(OCC(=O)Nc2cc3c(cc2Br)OCCO3)c([N+](=O)[O-])c1. The summed E-state index contributed by atoms with van der Waals surface area (Å²) in [5.74, 6) is 0.701. The minimum absolute atomic E-state index is 0.0389. The van der Waals surface area contributed by atoms with Crippen molar-refractivity contribution >= 4 is 33.2 Å². The van der Waals surface area contributed by atoms with Crippen LogP contribution in [0.1, 0.15) is 5.56 Å². The number of anilines is 1.